The fourth-order valence-electron chi connectivity index (χ4n) is 2.64. The van der Waals surface area contributed by atoms with Gasteiger partial charge in [0.05, 0.1) is 18.6 Å². The lowest BCUT2D eigenvalue weighted by molar-refractivity contribution is -0.137. The maximum atomic E-state index is 12.4. The Hall–Kier alpha value is -2.12. The van der Waals surface area contributed by atoms with Crippen molar-refractivity contribution in [2.75, 3.05) is 38.2 Å². The van der Waals surface area contributed by atoms with Crippen molar-refractivity contribution in [3.63, 3.8) is 0 Å². The number of amides is 2. The molecule has 0 aliphatic carbocycles. The third-order valence-electron chi connectivity index (χ3n) is 4.18. The first-order valence-electron chi connectivity index (χ1n) is 8.18. The van der Waals surface area contributed by atoms with Crippen molar-refractivity contribution in [2.24, 2.45) is 11.1 Å². The summed E-state index contributed by atoms with van der Waals surface area (Å²) < 4.78 is 10.6. The van der Waals surface area contributed by atoms with Gasteiger partial charge < -0.3 is 25.8 Å². The van der Waals surface area contributed by atoms with Crippen LogP contribution in [0.25, 0.3) is 0 Å². The molecule has 0 atom stereocenters. The maximum Gasteiger partial charge on any atom is 0.243 e. The molecule has 7 nitrogen and oxygen atoms in total. The summed E-state index contributed by atoms with van der Waals surface area (Å²) >= 11 is 0. The van der Waals surface area contributed by atoms with Crippen molar-refractivity contribution < 1.29 is 19.1 Å². The fraction of sp³-hybridized carbons (Fsp3) is 0.529. The van der Waals surface area contributed by atoms with Gasteiger partial charge in [-0.15, -0.1) is 0 Å². The highest BCUT2D eigenvalue weighted by atomic mass is 16.5. The van der Waals surface area contributed by atoms with Gasteiger partial charge in [0.2, 0.25) is 11.8 Å². The second kappa shape index (κ2) is 8.65. The van der Waals surface area contributed by atoms with Crippen LogP contribution in [0.5, 0.6) is 5.75 Å². The summed E-state index contributed by atoms with van der Waals surface area (Å²) in [4.78, 5) is 24.4. The molecule has 2 amide bonds. The van der Waals surface area contributed by atoms with E-state index in [1.165, 1.54) is 0 Å². The molecule has 132 valence electrons. The van der Waals surface area contributed by atoms with Gasteiger partial charge in [0.25, 0.3) is 0 Å². The Morgan fingerprint density at radius 2 is 1.92 bits per heavy atom. The lowest BCUT2D eigenvalue weighted by Crippen LogP contribution is -2.50. The van der Waals surface area contributed by atoms with E-state index in [0.29, 0.717) is 38.3 Å². The SMILES string of the molecule is CCOc1ccc(NC(=O)CNC(=O)C2(CN)CCOCC2)cc1. The molecule has 1 heterocycles. The zero-order valence-corrected chi connectivity index (χ0v) is 14.0. The molecule has 1 aliphatic heterocycles. The van der Waals surface area contributed by atoms with Gasteiger partial charge in [0, 0.05) is 25.4 Å². The number of carbonyl (C=O) groups is 2. The van der Waals surface area contributed by atoms with Gasteiger partial charge in [-0.25, -0.2) is 0 Å². The summed E-state index contributed by atoms with van der Waals surface area (Å²) in [5.74, 6) is 0.273. The van der Waals surface area contributed by atoms with Gasteiger partial charge in [-0.3, -0.25) is 9.59 Å². The highest BCUT2D eigenvalue weighted by molar-refractivity contribution is 5.95. The molecule has 0 radical (unpaired) electrons. The van der Waals surface area contributed by atoms with Gasteiger partial charge >= 0.3 is 0 Å². The molecular formula is C17H25N3O4. The summed E-state index contributed by atoms with van der Waals surface area (Å²) in [6.45, 7) is 3.69. The number of anilines is 1. The molecule has 0 unspecified atom stereocenters. The Bertz CT molecular complexity index is 553. The van der Waals surface area contributed by atoms with E-state index in [1.807, 2.05) is 6.92 Å². The van der Waals surface area contributed by atoms with E-state index >= 15 is 0 Å². The van der Waals surface area contributed by atoms with Crippen molar-refractivity contribution in [3.05, 3.63) is 24.3 Å². The van der Waals surface area contributed by atoms with E-state index in [-0.39, 0.29) is 24.9 Å². The highest BCUT2D eigenvalue weighted by Crippen LogP contribution is 2.29. The molecule has 1 aromatic rings. The molecule has 7 heteroatoms. The summed E-state index contributed by atoms with van der Waals surface area (Å²) in [5, 5.41) is 5.42. The topological polar surface area (TPSA) is 103 Å². The van der Waals surface area contributed by atoms with Gasteiger partial charge in [-0.05, 0) is 44.0 Å². The molecule has 24 heavy (non-hydrogen) atoms. The van der Waals surface area contributed by atoms with Crippen molar-refractivity contribution >= 4 is 17.5 Å². The first kappa shape index (κ1) is 18.2. The van der Waals surface area contributed by atoms with Crippen LogP contribution in [-0.4, -0.2) is 44.7 Å². The normalized spacial score (nSPS) is 16.2. The summed E-state index contributed by atoms with van der Waals surface area (Å²) in [6.07, 6.45) is 1.16. The van der Waals surface area contributed by atoms with E-state index in [4.69, 9.17) is 15.2 Å². The molecule has 0 spiro atoms. The minimum absolute atomic E-state index is 0.0886. The minimum Gasteiger partial charge on any atom is -0.494 e. The van der Waals surface area contributed by atoms with Crippen LogP contribution in [0.15, 0.2) is 24.3 Å². The molecule has 1 fully saturated rings. The Kier molecular flexibility index (Phi) is 6.57. The third-order valence-corrected chi connectivity index (χ3v) is 4.18. The molecule has 1 aromatic carbocycles. The van der Waals surface area contributed by atoms with E-state index in [9.17, 15) is 9.59 Å². The second-order valence-electron chi connectivity index (χ2n) is 5.79. The van der Waals surface area contributed by atoms with Crippen LogP contribution in [0.1, 0.15) is 19.8 Å². The summed E-state index contributed by atoms with van der Waals surface area (Å²) in [6, 6.07) is 7.07. The lowest BCUT2D eigenvalue weighted by Gasteiger charge is -2.34. The first-order chi connectivity index (χ1) is 11.6. The smallest absolute Gasteiger partial charge is 0.243 e. The van der Waals surface area contributed by atoms with Crippen LogP contribution >= 0.6 is 0 Å². The van der Waals surface area contributed by atoms with Crippen LogP contribution in [0.2, 0.25) is 0 Å². The molecule has 0 saturated carbocycles. The summed E-state index contributed by atoms with van der Waals surface area (Å²) in [5.41, 5.74) is 5.80. The van der Waals surface area contributed by atoms with E-state index in [2.05, 4.69) is 10.6 Å². The molecule has 1 aliphatic rings. The zero-order chi connectivity index (χ0) is 17.4. The van der Waals surface area contributed by atoms with Crippen molar-refractivity contribution in [1.82, 2.24) is 5.32 Å². The molecule has 0 bridgehead atoms. The largest absolute Gasteiger partial charge is 0.494 e. The predicted octanol–water partition coefficient (Wildman–Crippen LogP) is 0.895. The number of carbonyl (C=O) groups excluding carboxylic acids is 2. The molecule has 1 saturated heterocycles. The summed E-state index contributed by atoms with van der Waals surface area (Å²) in [7, 11) is 0. The number of rotatable bonds is 7. The van der Waals surface area contributed by atoms with Crippen molar-refractivity contribution in [2.45, 2.75) is 19.8 Å². The van der Waals surface area contributed by atoms with E-state index in [1.54, 1.807) is 24.3 Å². The van der Waals surface area contributed by atoms with Gasteiger partial charge in [-0.1, -0.05) is 0 Å². The fourth-order valence-corrected chi connectivity index (χ4v) is 2.64. The standard InChI is InChI=1S/C17H25N3O4/c1-2-24-14-5-3-13(4-6-14)20-15(21)11-19-16(22)17(12-18)7-9-23-10-8-17/h3-6H,2,7-12,18H2,1H3,(H,19,22)(H,20,21). The Morgan fingerprint density at radius 3 is 2.50 bits per heavy atom. The van der Waals surface area contributed by atoms with Crippen LogP contribution in [0.4, 0.5) is 5.69 Å². The van der Waals surface area contributed by atoms with Crippen molar-refractivity contribution in [3.8, 4) is 5.75 Å². The van der Waals surface area contributed by atoms with Crippen LogP contribution in [0.3, 0.4) is 0 Å². The Morgan fingerprint density at radius 1 is 1.25 bits per heavy atom. The van der Waals surface area contributed by atoms with Gasteiger partial charge in [0.15, 0.2) is 0 Å². The molecular weight excluding hydrogens is 310 g/mol. The quantitative estimate of drug-likeness (QED) is 0.687. The third kappa shape index (κ3) is 4.69. The second-order valence-corrected chi connectivity index (χ2v) is 5.79. The van der Waals surface area contributed by atoms with E-state index in [0.717, 1.165) is 5.75 Å². The molecule has 2 rings (SSSR count). The molecule has 0 aromatic heterocycles. The number of hydrogen-bond acceptors (Lipinski definition) is 5. The van der Waals surface area contributed by atoms with Crippen molar-refractivity contribution in [1.29, 1.82) is 0 Å². The van der Waals surface area contributed by atoms with E-state index < -0.39 is 5.41 Å². The minimum atomic E-state index is -0.627. The lowest BCUT2D eigenvalue weighted by atomic mass is 9.79. The maximum absolute atomic E-state index is 12.4. The van der Waals surface area contributed by atoms with Crippen LogP contribution in [0, 0.1) is 5.41 Å². The monoisotopic (exact) mass is 335 g/mol. The zero-order valence-electron chi connectivity index (χ0n) is 14.0. The first-order valence-corrected chi connectivity index (χ1v) is 8.18. The Balaban J connectivity index is 1.82. The van der Waals surface area contributed by atoms with Crippen LogP contribution < -0.4 is 21.1 Å². The Labute approximate surface area is 141 Å². The molecule has 4 N–H and O–H groups in total. The van der Waals surface area contributed by atoms with Gasteiger partial charge in [0.1, 0.15) is 5.75 Å². The number of ether oxygens (including phenoxy) is 2. The van der Waals surface area contributed by atoms with Gasteiger partial charge in [-0.2, -0.15) is 0 Å². The predicted molar refractivity (Wildman–Crippen MR) is 90.8 cm³/mol. The number of hydrogen-bond donors (Lipinski definition) is 3. The number of nitrogens with one attached hydrogen (secondary N) is 2. The number of nitrogens with two attached hydrogens (primary N) is 1. The average molecular weight is 335 g/mol. The number of benzene rings is 1. The average Bonchev–Trinajstić information content (AvgIpc) is 2.62. The highest BCUT2D eigenvalue weighted by Gasteiger charge is 2.38. The van der Waals surface area contributed by atoms with Crippen LogP contribution in [-0.2, 0) is 14.3 Å².